The fourth-order valence-corrected chi connectivity index (χ4v) is 5.89. The Kier molecular flexibility index (Phi) is 6.89. The smallest absolute Gasteiger partial charge is 0.268 e. The lowest BCUT2D eigenvalue weighted by atomic mass is 10.0. The van der Waals surface area contributed by atoms with Gasteiger partial charge in [0.1, 0.15) is 4.91 Å². The summed E-state index contributed by atoms with van der Waals surface area (Å²) < 4.78 is 27.5. The summed E-state index contributed by atoms with van der Waals surface area (Å²) in [7, 11) is -3.99. The predicted molar refractivity (Wildman–Crippen MR) is 137 cm³/mol. The summed E-state index contributed by atoms with van der Waals surface area (Å²) in [6.07, 6.45) is 0.731. The molecule has 180 valence electrons. The van der Waals surface area contributed by atoms with Gasteiger partial charge in [-0.25, -0.2) is 12.7 Å². The van der Waals surface area contributed by atoms with E-state index < -0.39 is 15.9 Å². The van der Waals surface area contributed by atoms with Crippen molar-refractivity contribution >= 4 is 26.7 Å². The summed E-state index contributed by atoms with van der Waals surface area (Å²) in [4.78, 5) is 25.4. The number of nitrogens with zero attached hydrogens (tertiary/aromatic N) is 1. The van der Waals surface area contributed by atoms with Crippen LogP contribution in [-0.2, 0) is 27.8 Å². The van der Waals surface area contributed by atoms with Gasteiger partial charge in [-0.15, -0.1) is 0 Å². The minimum atomic E-state index is -3.99. The number of hydrogen-bond acceptors (Lipinski definition) is 4. The van der Waals surface area contributed by atoms with Gasteiger partial charge in [-0.3, -0.25) is 9.59 Å². The highest BCUT2D eigenvalue weighted by Gasteiger charge is 2.42. The van der Waals surface area contributed by atoms with Crippen molar-refractivity contribution < 1.29 is 18.0 Å². The van der Waals surface area contributed by atoms with Gasteiger partial charge in [0.2, 0.25) is 0 Å². The Hall–Kier alpha value is -3.71. The van der Waals surface area contributed by atoms with Crippen LogP contribution in [0.2, 0.25) is 0 Å². The third-order valence-corrected chi connectivity index (χ3v) is 8.22. The van der Waals surface area contributed by atoms with Crippen LogP contribution in [0.3, 0.4) is 0 Å². The number of rotatable bonds is 7. The fraction of sp³-hybridized carbons (Fsp3) is 0.214. The normalized spacial score (nSPS) is 14.9. The van der Waals surface area contributed by atoms with Gasteiger partial charge >= 0.3 is 0 Å². The first-order valence-corrected chi connectivity index (χ1v) is 12.9. The molecule has 3 aromatic rings. The van der Waals surface area contributed by atoms with Crippen LogP contribution in [0, 0.1) is 13.8 Å². The monoisotopic (exact) mass is 488 g/mol. The van der Waals surface area contributed by atoms with Crippen LogP contribution < -0.4 is 5.32 Å². The highest BCUT2D eigenvalue weighted by Crippen LogP contribution is 2.37. The second kappa shape index (κ2) is 9.88. The molecule has 0 atom stereocenters. The number of benzene rings is 3. The lowest BCUT2D eigenvalue weighted by Gasteiger charge is -2.17. The van der Waals surface area contributed by atoms with Crippen molar-refractivity contribution in [2.45, 2.75) is 33.7 Å². The zero-order valence-electron chi connectivity index (χ0n) is 20.0. The van der Waals surface area contributed by atoms with Crippen molar-refractivity contribution in [1.29, 1.82) is 0 Å². The van der Waals surface area contributed by atoms with E-state index in [4.69, 9.17) is 0 Å². The first-order chi connectivity index (χ1) is 16.7. The third-order valence-electron chi connectivity index (χ3n) is 6.29. The highest BCUT2D eigenvalue weighted by atomic mass is 32.2. The molecule has 1 heterocycles. The average Bonchev–Trinajstić information content (AvgIpc) is 3.01. The second-order valence-electron chi connectivity index (χ2n) is 8.76. The van der Waals surface area contributed by atoms with Gasteiger partial charge in [0.25, 0.3) is 21.8 Å². The first-order valence-electron chi connectivity index (χ1n) is 11.4. The predicted octanol–water partition coefficient (Wildman–Crippen LogP) is 4.38. The van der Waals surface area contributed by atoms with E-state index in [0.717, 1.165) is 27.4 Å². The van der Waals surface area contributed by atoms with E-state index in [9.17, 15) is 18.0 Å². The van der Waals surface area contributed by atoms with Gasteiger partial charge in [0.05, 0.1) is 6.54 Å². The van der Waals surface area contributed by atoms with Crippen molar-refractivity contribution in [3.63, 3.8) is 0 Å². The molecule has 0 saturated carbocycles. The Labute approximate surface area is 206 Å². The van der Waals surface area contributed by atoms with Crippen molar-refractivity contribution in [3.8, 4) is 0 Å². The molecule has 7 heteroatoms. The van der Waals surface area contributed by atoms with Crippen LogP contribution in [0.15, 0.2) is 78.4 Å². The Bertz CT molecular complexity index is 1410. The summed E-state index contributed by atoms with van der Waals surface area (Å²) >= 11 is 0. The summed E-state index contributed by atoms with van der Waals surface area (Å²) in [5.41, 5.74) is 4.98. The molecule has 0 saturated heterocycles. The minimum Gasteiger partial charge on any atom is -0.352 e. The molecule has 4 rings (SSSR count). The van der Waals surface area contributed by atoms with Crippen molar-refractivity contribution in [2.24, 2.45) is 0 Å². The molecular weight excluding hydrogens is 460 g/mol. The summed E-state index contributed by atoms with van der Waals surface area (Å²) in [6.45, 7) is 5.83. The van der Waals surface area contributed by atoms with Gasteiger partial charge in [-0.2, -0.15) is 0 Å². The molecular formula is C28H28N2O4S. The molecule has 6 nitrogen and oxygen atoms in total. The molecule has 0 bridgehead atoms. The Morgan fingerprint density at radius 3 is 2.20 bits per heavy atom. The molecule has 0 spiro atoms. The van der Waals surface area contributed by atoms with Gasteiger partial charge in [0, 0.05) is 17.7 Å². The van der Waals surface area contributed by atoms with Gasteiger partial charge in [-0.1, -0.05) is 60.7 Å². The quantitative estimate of drug-likeness (QED) is 0.535. The van der Waals surface area contributed by atoms with Crippen LogP contribution >= 0.6 is 0 Å². The topological polar surface area (TPSA) is 83.6 Å². The zero-order valence-corrected chi connectivity index (χ0v) is 20.9. The van der Waals surface area contributed by atoms with Crippen LogP contribution in [0.25, 0.3) is 4.91 Å². The summed E-state index contributed by atoms with van der Waals surface area (Å²) in [6, 6.07) is 21.9. The number of carbonyl (C=O) groups is 2. The van der Waals surface area contributed by atoms with Gasteiger partial charge in [-0.05, 0) is 67.1 Å². The lowest BCUT2D eigenvalue weighted by Crippen LogP contribution is -2.31. The van der Waals surface area contributed by atoms with Crippen LogP contribution in [0.4, 0.5) is 0 Å². The molecule has 1 aliphatic rings. The maximum Gasteiger partial charge on any atom is 0.268 e. The third kappa shape index (κ3) is 5.05. The number of carbonyl (C=O) groups excluding carboxylic acids is 2. The maximum atomic E-state index is 13.3. The average molecular weight is 489 g/mol. The molecule has 1 N–H and O–H groups in total. The molecule has 0 aromatic heterocycles. The SMILES string of the molecule is CC1=C(c2ccc(C)c(C)c2)S(=O)(=O)N(Cc2ccc(C(=O)NCCc3ccccc3)cc2)C1=O. The van der Waals surface area contributed by atoms with Crippen molar-refractivity contribution in [3.05, 3.63) is 112 Å². The Morgan fingerprint density at radius 2 is 1.54 bits per heavy atom. The fourth-order valence-electron chi connectivity index (χ4n) is 4.10. The molecule has 2 amide bonds. The van der Waals surface area contributed by atoms with E-state index in [1.807, 2.05) is 50.2 Å². The van der Waals surface area contributed by atoms with E-state index in [2.05, 4.69) is 5.32 Å². The second-order valence-corrected chi connectivity index (χ2v) is 10.6. The maximum absolute atomic E-state index is 13.3. The standard InChI is InChI=1S/C28H28N2O4S/c1-19-9-12-25(17-20(19)2)26-21(3)28(32)30(35(26,33)34)18-23-10-13-24(14-11-23)27(31)29-16-15-22-7-5-4-6-8-22/h4-14,17H,15-16,18H2,1-3H3,(H,29,31). The van der Waals surface area contributed by atoms with Crippen LogP contribution in [0.5, 0.6) is 0 Å². The Morgan fingerprint density at radius 1 is 0.857 bits per heavy atom. The first kappa shape index (κ1) is 24.4. The molecule has 3 aromatic carbocycles. The molecule has 0 unspecified atom stereocenters. The van der Waals surface area contributed by atoms with Gasteiger partial charge < -0.3 is 5.32 Å². The molecule has 0 fully saturated rings. The Balaban J connectivity index is 1.44. The number of hydrogen-bond donors (Lipinski definition) is 1. The van der Waals surface area contributed by atoms with E-state index in [0.29, 0.717) is 23.2 Å². The number of nitrogens with one attached hydrogen (secondary N) is 1. The largest absolute Gasteiger partial charge is 0.352 e. The van der Waals surface area contributed by atoms with Crippen LogP contribution in [-0.4, -0.2) is 31.1 Å². The van der Waals surface area contributed by atoms with E-state index in [-0.39, 0.29) is 22.9 Å². The lowest BCUT2D eigenvalue weighted by molar-refractivity contribution is -0.122. The van der Waals surface area contributed by atoms with Crippen molar-refractivity contribution in [1.82, 2.24) is 9.62 Å². The number of amides is 2. The van der Waals surface area contributed by atoms with Crippen LogP contribution in [0.1, 0.15) is 45.1 Å². The van der Waals surface area contributed by atoms with E-state index in [1.165, 1.54) is 0 Å². The summed E-state index contributed by atoms with van der Waals surface area (Å²) in [5.74, 6) is -0.729. The molecule has 35 heavy (non-hydrogen) atoms. The highest BCUT2D eigenvalue weighted by molar-refractivity contribution is 7.99. The van der Waals surface area contributed by atoms with E-state index >= 15 is 0 Å². The molecule has 0 radical (unpaired) electrons. The van der Waals surface area contributed by atoms with Crippen molar-refractivity contribution in [2.75, 3.05) is 6.54 Å². The summed E-state index contributed by atoms with van der Waals surface area (Å²) in [5, 5.41) is 2.89. The molecule has 0 aliphatic carbocycles. The van der Waals surface area contributed by atoms with Gasteiger partial charge in [0.15, 0.2) is 0 Å². The number of aryl methyl sites for hydroxylation is 2. The molecule has 1 aliphatic heterocycles. The number of sulfonamides is 1. The van der Waals surface area contributed by atoms with E-state index in [1.54, 1.807) is 43.3 Å². The zero-order chi connectivity index (χ0) is 25.2. The minimum absolute atomic E-state index is 0.0556.